The second-order valence-electron chi connectivity index (χ2n) is 3.73. The molecule has 0 aliphatic heterocycles. The minimum atomic E-state index is -0.448. The molecule has 0 bridgehead atoms. The van der Waals surface area contributed by atoms with Crippen LogP contribution in [0.25, 0.3) is 10.8 Å². The van der Waals surface area contributed by atoms with Crippen molar-refractivity contribution in [1.82, 2.24) is 0 Å². The maximum absolute atomic E-state index is 9.55. The summed E-state index contributed by atoms with van der Waals surface area (Å²) < 4.78 is 0. The second-order valence-corrected chi connectivity index (χ2v) is 3.73. The molecule has 78 valence electrons. The molecule has 0 aliphatic rings. The van der Waals surface area contributed by atoms with Crippen LogP contribution in [0, 0.1) is 0 Å². The summed E-state index contributed by atoms with van der Waals surface area (Å²) in [5, 5.41) is 12.0. The van der Waals surface area contributed by atoms with Gasteiger partial charge in [-0.25, -0.2) is 0 Å². The first-order valence-corrected chi connectivity index (χ1v) is 5.16. The van der Waals surface area contributed by atoms with Gasteiger partial charge in [0.2, 0.25) is 0 Å². The normalized spacial score (nSPS) is 12.9. The van der Waals surface area contributed by atoms with E-state index in [1.165, 1.54) is 10.8 Å². The molecular formula is C13H15NO. The maximum atomic E-state index is 9.55. The van der Waals surface area contributed by atoms with Crippen molar-refractivity contribution in [1.29, 1.82) is 0 Å². The van der Waals surface area contributed by atoms with Gasteiger partial charge in [0.05, 0.1) is 6.10 Å². The predicted molar refractivity (Wildman–Crippen MR) is 62.7 cm³/mol. The van der Waals surface area contributed by atoms with Gasteiger partial charge in [0, 0.05) is 13.0 Å². The minimum Gasteiger partial charge on any atom is -0.391 e. The van der Waals surface area contributed by atoms with E-state index in [2.05, 4.69) is 18.2 Å². The Morgan fingerprint density at radius 2 is 1.80 bits per heavy atom. The number of aliphatic hydroxyl groups excluding tert-OH is 1. The Labute approximate surface area is 89.3 Å². The number of nitrogens with two attached hydrogens (primary N) is 1. The van der Waals surface area contributed by atoms with Crippen molar-refractivity contribution in [3.63, 3.8) is 0 Å². The highest BCUT2D eigenvalue weighted by molar-refractivity contribution is 5.85. The van der Waals surface area contributed by atoms with Gasteiger partial charge in [0.25, 0.3) is 0 Å². The molecule has 1 unspecified atom stereocenters. The van der Waals surface area contributed by atoms with Crippen LogP contribution in [-0.4, -0.2) is 17.8 Å². The summed E-state index contributed by atoms with van der Waals surface area (Å²) in [4.78, 5) is 0. The molecule has 2 nitrogen and oxygen atoms in total. The third-order valence-electron chi connectivity index (χ3n) is 2.61. The van der Waals surface area contributed by atoms with E-state index in [-0.39, 0.29) is 0 Å². The van der Waals surface area contributed by atoms with Crippen LogP contribution in [0.4, 0.5) is 0 Å². The number of hydrogen-bond acceptors (Lipinski definition) is 2. The van der Waals surface area contributed by atoms with Crippen LogP contribution in [0.15, 0.2) is 42.5 Å². The highest BCUT2D eigenvalue weighted by Crippen LogP contribution is 2.19. The Kier molecular flexibility index (Phi) is 2.99. The molecule has 3 N–H and O–H groups in total. The van der Waals surface area contributed by atoms with Crippen LogP contribution >= 0.6 is 0 Å². The Bertz CT molecular complexity index is 448. The van der Waals surface area contributed by atoms with Gasteiger partial charge in [-0.15, -0.1) is 0 Å². The summed E-state index contributed by atoms with van der Waals surface area (Å²) in [6.45, 7) is 0.309. The lowest BCUT2D eigenvalue weighted by molar-refractivity contribution is 0.184. The van der Waals surface area contributed by atoms with Gasteiger partial charge in [0.1, 0.15) is 0 Å². The lowest BCUT2D eigenvalue weighted by atomic mass is 10.00. The van der Waals surface area contributed by atoms with E-state index in [0.29, 0.717) is 13.0 Å². The van der Waals surface area contributed by atoms with Crippen molar-refractivity contribution >= 4 is 10.8 Å². The van der Waals surface area contributed by atoms with Crippen LogP contribution in [0.3, 0.4) is 0 Å². The third-order valence-corrected chi connectivity index (χ3v) is 2.61. The molecule has 0 aliphatic carbocycles. The molecule has 2 aromatic carbocycles. The molecule has 0 fully saturated rings. The van der Waals surface area contributed by atoms with Crippen LogP contribution in [0.5, 0.6) is 0 Å². The van der Waals surface area contributed by atoms with Crippen LogP contribution in [0.1, 0.15) is 5.56 Å². The first kappa shape index (κ1) is 10.1. The molecule has 2 rings (SSSR count). The van der Waals surface area contributed by atoms with Crippen molar-refractivity contribution in [3.8, 4) is 0 Å². The van der Waals surface area contributed by atoms with E-state index in [1.807, 2.05) is 24.3 Å². The van der Waals surface area contributed by atoms with E-state index in [1.54, 1.807) is 0 Å². The Morgan fingerprint density at radius 1 is 1.07 bits per heavy atom. The largest absolute Gasteiger partial charge is 0.391 e. The zero-order chi connectivity index (χ0) is 10.7. The van der Waals surface area contributed by atoms with E-state index >= 15 is 0 Å². The average molecular weight is 201 g/mol. The Balaban J connectivity index is 2.42. The van der Waals surface area contributed by atoms with Crippen molar-refractivity contribution in [2.75, 3.05) is 6.54 Å². The smallest absolute Gasteiger partial charge is 0.0702 e. The number of aliphatic hydroxyl groups is 1. The topological polar surface area (TPSA) is 46.2 Å². The fraction of sp³-hybridized carbons (Fsp3) is 0.231. The molecule has 2 heteroatoms. The molecule has 15 heavy (non-hydrogen) atoms. The first-order valence-electron chi connectivity index (χ1n) is 5.16. The number of fused-ring (bicyclic) bond motifs is 1. The zero-order valence-electron chi connectivity index (χ0n) is 8.56. The molecule has 0 heterocycles. The first-order chi connectivity index (χ1) is 7.31. The van der Waals surface area contributed by atoms with Gasteiger partial charge in [0.15, 0.2) is 0 Å². The zero-order valence-corrected chi connectivity index (χ0v) is 8.56. The number of hydrogen-bond donors (Lipinski definition) is 2. The minimum absolute atomic E-state index is 0.309. The van der Waals surface area contributed by atoms with Crippen molar-refractivity contribution < 1.29 is 5.11 Å². The predicted octanol–water partition coefficient (Wildman–Crippen LogP) is 1.70. The Morgan fingerprint density at radius 3 is 2.60 bits per heavy atom. The standard InChI is InChI=1S/C13H15NO/c14-9-12(15)8-11-6-3-5-10-4-1-2-7-13(10)11/h1-7,12,15H,8-9,14H2. The lowest BCUT2D eigenvalue weighted by Crippen LogP contribution is -2.22. The fourth-order valence-corrected chi connectivity index (χ4v) is 1.81. The molecule has 0 saturated carbocycles. The summed E-state index contributed by atoms with van der Waals surface area (Å²) in [5.74, 6) is 0. The molecule has 2 aromatic rings. The highest BCUT2D eigenvalue weighted by Gasteiger charge is 2.05. The quantitative estimate of drug-likeness (QED) is 0.794. The molecule has 0 aromatic heterocycles. The molecule has 1 atom stereocenters. The number of rotatable bonds is 3. The summed E-state index contributed by atoms with van der Waals surface area (Å²) >= 11 is 0. The monoisotopic (exact) mass is 201 g/mol. The summed E-state index contributed by atoms with van der Waals surface area (Å²) in [6, 6.07) is 14.3. The lowest BCUT2D eigenvalue weighted by Gasteiger charge is -2.10. The van der Waals surface area contributed by atoms with Crippen LogP contribution in [-0.2, 0) is 6.42 Å². The molecule has 0 saturated heterocycles. The van der Waals surface area contributed by atoms with Crippen LogP contribution in [0.2, 0.25) is 0 Å². The van der Waals surface area contributed by atoms with Gasteiger partial charge in [-0.1, -0.05) is 42.5 Å². The van der Waals surface area contributed by atoms with Gasteiger partial charge < -0.3 is 10.8 Å². The van der Waals surface area contributed by atoms with Gasteiger partial charge in [-0.2, -0.15) is 0 Å². The van der Waals surface area contributed by atoms with Crippen molar-refractivity contribution in [3.05, 3.63) is 48.0 Å². The highest BCUT2D eigenvalue weighted by atomic mass is 16.3. The van der Waals surface area contributed by atoms with E-state index < -0.39 is 6.10 Å². The maximum Gasteiger partial charge on any atom is 0.0702 e. The van der Waals surface area contributed by atoms with E-state index in [0.717, 1.165) is 5.56 Å². The SMILES string of the molecule is NCC(O)Cc1cccc2ccccc12. The molecule has 0 spiro atoms. The Hall–Kier alpha value is -1.38. The molecular weight excluding hydrogens is 186 g/mol. The average Bonchev–Trinajstić information content (AvgIpc) is 2.29. The van der Waals surface area contributed by atoms with Crippen LogP contribution < -0.4 is 5.73 Å². The van der Waals surface area contributed by atoms with Crippen molar-refractivity contribution in [2.24, 2.45) is 5.73 Å². The van der Waals surface area contributed by atoms with Gasteiger partial charge >= 0.3 is 0 Å². The third kappa shape index (κ3) is 2.17. The second kappa shape index (κ2) is 4.43. The van der Waals surface area contributed by atoms with E-state index in [4.69, 9.17) is 5.73 Å². The van der Waals surface area contributed by atoms with Crippen molar-refractivity contribution in [2.45, 2.75) is 12.5 Å². The fourth-order valence-electron chi connectivity index (χ4n) is 1.81. The summed E-state index contributed by atoms with van der Waals surface area (Å²) in [6.07, 6.45) is 0.175. The number of benzene rings is 2. The molecule has 0 amide bonds. The summed E-state index contributed by atoms with van der Waals surface area (Å²) in [7, 11) is 0. The van der Waals surface area contributed by atoms with Gasteiger partial charge in [-0.3, -0.25) is 0 Å². The van der Waals surface area contributed by atoms with Gasteiger partial charge in [-0.05, 0) is 16.3 Å². The molecule has 0 radical (unpaired) electrons. The van der Waals surface area contributed by atoms with E-state index in [9.17, 15) is 5.11 Å². The summed E-state index contributed by atoms with van der Waals surface area (Å²) in [5.41, 5.74) is 6.57.